The quantitative estimate of drug-likeness (QED) is 0.135. The van der Waals surface area contributed by atoms with Crippen LogP contribution in [-0.4, -0.2) is 0 Å². The Morgan fingerprint density at radius 2 is 0.550 bits per heavy atom. The van der Waals surface area contributed by atoms with Crippen LogP contribution in [-0.2, 0) is 0 Å². The summed E-state index contributed by atoms with van der Waals surface area (Å²) < 4.78 is 0. The summed E-state index contributed by atoms with van der Waals surface area (Å²) in [6, 6.07) is 43.5. The van der Waals surface area contributed by atoms with E-state index in [9.17, 15) is 0 Å². The summed E-state index contributed by atoms with van der Waals surface area (Å²) >= 11 is 0. The number of fused-ring (bicyclic) bond motifs is 9. The summed E-state index contributed by atoms with van der Waals surface area (Å²) in [6.45, 7) is 28.3. The van der Waals surface area contributed by atoms with Gasteiger partial charge in [-0.2, -0.15) is 0 Å². The molecule has 0 spiro atoms. The van der Waals surface area contributed by atoms with Crippen LogP contribution in [0.3, 0.4) is 0 Å². The van der Waals surface area contributed by atoms with Crippen molar-refractivity contribution in [2.45, 2.75) is 119 Å². The van der Waals surface area contributed by atoms with Gasteiger partial charge in [0.2, 0.25) is 0 Å². The van der Waals surface area contributed by atoms with Crippen molar-refractivity contribution >= 4 is 75.4 Å². The van der Waals surface area contributed by atoms with Gasteiger partial charge in [-0.3, -0.25) is 0 Å². The third-order valence-corrected chi connectivity index (χ3v) is 14.2. The summed E-state index contributed by atoms with van der Waals surface area (Å²) in [5.74, 6) is 2.58. The molecule has 0 fully saturated rings. The number of hydrogen-bond donors (Lipinski definition) is 0. The first-order chi connectivity index (χ1) is 28.8. The minimum absolute atomic E-state index is 0.405. The highest BCUT2D eigenvalue weighted by molar-refractivity contribution is 6.43. The number of benzene rings is 8. The van der Waals surface area contributed by atoms with Gasteiger partial charge in [-0.05, 0) is 179 Å². The van der Waals surface area contributed by atoms with Crippen LogP contribution < -0.4 is 0 Å². The average Bonchev–Trinajstić information content (AvgIpc) is 3.74. The fourth-order valence-corrected chi connectivity index (χ4v) is 11.1. The van der Waals surface area contributed by atoms with E-state index in [2.05, 4.69) is 192 Å². The molecule has 10 rings (SSSR count). The average molecular weight is 781 g/mol. The Hall–Kier alpha value is -5.46. The summed E-state index contributed by atoms with van der Waals surface area (Å²) in [4.78, 5) is 0. The molecule has 0 amide bonds. The Balaban J connectivity index is 1.36. The second-order valence-electron chi connectivity index (χ2n) is 19.9. The van der Waals surface area contributed by atoms with Crippen LogP contribution in [0.2, 0.25) is 0 Å². The largest absolute Gasteiger partial charge is 0.0616 e. The molecule has 0 nitrogen and oxygen atoms in total. The summed E-state index contributed by atoms with van der Waals surface area (Å²) in [5.41, 5.74) is 14.4. The molecule has 0 aliphatic rings. The first kappa shape index (κ1) is 38.7. The first-order valence-corrected chi connectivity index (χ1v) is 22.9. The fraction of sp³-hybridized carbons (Fsp3) is 0.300. The lowest BCUT2D eigenvalue weighted by molar-refractivity contribution is 0.807. The minimum Gasteiger partial charge on any atom is -0.0616 e. The second-order valence-corrected chi connectivity index (χ2v) is 19.9. The molecule has 0 bridgehead atoms. The molecule has 0 N–H and O–H groups in total. The molecule has 10 aromatic carbocycles. The lowest BCUT2D eigenvalue weighted by Gasteiger charge is -2.24. The van der Waals surface area contributed by atoms with Crippen LogP contribution in [0.1, 0.15) is 152 Å². The van der Waals surface area contributed by atoms with Gasteiger partial charge in [-0.15, -0.1) is 0 Å². The van der Waals surface area contributed by atoms with E-state index in [1.54, 1.807) is 0 Å². The lowest BCUT2D eigenvalue weighted by atomic mass is 9.80. The molecule has 0 aliphatic carbocycles. The molecule has 0 heteroatoms. The van der Waals surface area contributed by atoms with Crippen LogP contribution in [0.15, 0.2) is 109 Å². The van der Waals surface area contributed by atoms with Gasteiger partial charge >= 0.3 is 0 Å². The summed E-state index contributed by atoms with van der Waals surface area (Å²) in [7, 11) is 0. The van der Waals surface area contributed by atoms with Gasteiger partial charge in [-0.1, -0.05) is 180 Å². The predicted molar refractivity (Wildman–Crippen MR) is 267 cm³/mol. The van der Waals surface area contributed by atoms with Crippen LogP contribution in [0.25, 0.3) is 97.7 Å². The highest BCUT2D eigenvalue weighted by Crippen LogP contribution is 2.53. The molecule has 0 saturated carbocycles. The molecular weight excluding hydrogens is 721 g/mol. The zero-order valence-electron chi connectivity index (χ0n) is 37.9. The van der Waals surface area contributed by atoms with Gasteiger partial charge in [0, 0.05) is 0 Å². The normalized spacial score (nSPS) is 12.9. The van der Waals surface area contributed by atoms with E-state index in [1.807, 2.05) is 0 Å². The monoisotopic (exact) mass is 780 g/mol. The smallest absolute Gasteiger partial charge is 0.00137 e. The molecule has 0 heterocycles. The van der Waals surface area contributed by atoms with Crippen molar-refractivity contribution in [2.24, 2.45) is 0 Å². The van der Waals surface area contributed by atoms with Gasteiger partial charge in [0.15, 0.2) is 0 Å². The third kappa shape index (κ3) is 5.55. The van der Waals surface area contributed by atoms with Gasteiger partial charge in [-0.25, -0.2) is 0 Å². The van der Waals surface area contributed by atoms with Gasteiger partial charge < -0.3 is 0 Å². The van der Waals surface area contributed by atoms with Crippen molar-refractivity contribution < 1.29 is 0 Å². The predicted octanol–water partition coefficient (Wildman–Crippen LogP) is 18.7. The van der Waals surface area contributed by atoms with Crippen molar-refractivity contribution in [3.63, 3.8) is 0 Å². The van der Waals surface area contributed by atoms with E-state index < -0.39 is 0 Å². The SMILES string of the molecule is CC(C)c1cc(C(C)C)c(-c2ccc3c4cc5c6ccccc6c6c(-c7c(C(C)C)cc(C(C)C)cc7C(C)C)ccc(c4cc4c7ccccc7c2c34)c56)c(C(C)C)c1. The molecule has 0 radical (unpaired) electrons. The molecular formula is C60H60. The molecule has 0 aromatic heterocycles. The first-order valence-electron chi connectivity index (χ1n) is 22.9. The molecule has 60 heavy (non-hydrogen) atoms. The third-order valence-electron chi connectivity index (χ3n) is 14.2. The second kappa shape index (κ2) is 14.1. The van der Waals surface area contributed by atoms with Crippen molar-refractivity contribution in [1.82, 2.24) is 0 Å². The Morgan fingerprint density at radius 1 is 0.250 bits per heavy atom. The van der Waals surface area contributed by atoms with E-state index in [0.29, 0.717) is 35.5 Å². The molecule has 300 valence electrons. The number of rotatable bonds is 8. The summed E-state index contributed by atoms with van der Waals surface area (Å²) in [6.07, 6.45) is 0. The topological polar surface area (TPSA) is 0 Å². The Kier molecular flexibility index (Phi) is 9.07. The molecule has 0 atom stereocenters. The standard InChI is InChI=1S/C60H60/c1-31(2)37-25-47(33(5)6)55(48(26-37)34(7)8)45-23-21-43-51-30-54-40-18-14-16-20-42(40)58-46(56-49(35(9)10)27-38(32(3)4)28-50(56)36(11)12)24-22-44(60(54)58)52(51)29-53-39-17-13-15-19-41(39)57(45)59(43)53/h13-36H,1-12H3. The van der Waals surface area contributed by atoms with E-state index in [-0.39, 0.29) is 0 Å². The van der Waals surface area contributed by atoms with Crippen molar-refractivity contribution in [1.29, 1.82) is 0 Å². The molecule has 0 unspecified atom stereocenters. The minimum atomic E-state index is 0.405. The molecule has 10 aromatic rings. The van der Waals surface area contributed by atoms with Crippen molar-refractivity contribution in [2.75, 3.05) is 0 Å². The zero-order chi connectivity index (χ0) is 42.0. The van der Waals surface area contributed by atoms with Gasteiger partial charge in [0.05, 0.1) is 0 Å². The van der Waals surface area contributed by atoms with E-state index in [0.717, 1.165) is 0 Å². The molecule has 0 aliphatic heterocycles. The highest BCUT2D eigenvalue weighted by atomic mass is 14.3. The van der Waals surface area contributed by atoms with Crippen LogP contribution in [0.5, 0.6) is 0 Å². The Bertz CT molecular complexity index is 3030. The van der Waals surface area contributed by atoms with Crippen LogP contribution in [0.4, 0.5) is 0 Å². The maximum Gasteiger partial charge on any atom is -0.00137 e. The Labute approximate surface area is 357 Å². The van der Waals surface area contributed by atoms with Crippen LogP contribution >= 0.6 is 0 Å². The fourth-order valence-electron chi connectivity index (χ4n) is 11.1. The maximum atomic E-state index is 2.56. The van der Waals surface area contributed by atoms with Gasteiger partial charge in [0.25, 0.3) is 0 Å². The number of hydrogen-bond acceptors (Lipinski definition) is 0. The van der Waals surface area contributed by atoms with Crippen LogP contribution in [0, 0.1) is 0 Å². The lowest BCUT2D eigenvalue weighted by Crippen LogP contribution is -2.04. The Morgan fingerprint density at radius 3 is 0.850 bits per heavy atom. The summed E-state index contributed by atoms with van der Waals surface area (Å²) in [5, 5.41) is 19.2. The van der Waals surface area contributed by atoms with Gasteiger partial charge in [0.1, 0.15) is 0 Å². The van der Waals surface area contributed by atoms with E-state index in [4.69, 9.17) is 0 Å². The van der Waals surface area contributed by atoms with E-state index in [1.165, 1.54) is 131 Å². The highest BCUT2D eigenvalue weighted by Gasteiger charge is 2.27. The zero-order valence-corrected chi connectivity index (χ0v) is 37.9. The van der Waals surface area contributed by atoms with E-state index >= 15 is 0 Å². The van der Waals surface area contributed by atoms with Crippen molar-refractivity contribution in [3.05, 3.63) is 143 Å². The maximum absolute atomic E-state index is 2.56. The van der Waals surface area contributed by atoms with Crippen molar-refractivity contribution in [3.8, 4) is 22.3 Å². The molecule has 0 saturated heterocycles.